The second-order valence-corrected chi connectivity index (χ2v) is 5.58. The van der Waals surface area contributed by atoms with Crippen LogP contribution in [0.1, 0.15) is 25.8 Å². The number of rotatable bonds is 3. The molecule has 0 bridgehead atoms. The third-order valence-electron chi connectivity index (χ3n) is 3.38. The third kappa shape index (κ3) is 3.30. The molecule has 0 aliphatic carbocycles. The van der Waals surface area contributed by atoms with Gasteiger partial charge in [0.1, 0.15) is 0 Å². The number of ether oxygens (including phenoxy) is 1. The molecule has 1 fully saturated rings. The number of halogens is 1. The highest BCUT2D eigenvalue weighted by molar-refractivity contribution is 9.10. The fraction of sp³-hybridized carbons (Fsp3) is 0.571. The number of hydrogen-bond acceptors (Lipinski definition) is 2. The molecule has 1 aromatic carbocycles. The Bertz CT molecular complexity index is 369. The molecule has 0 radical (unpaired) electrons. The Labute approximate surface area is 112 Å². The molecule has 1 saturated heterocycles. The van der Waals surface area contributed by atoms with Crippen LogP contribution < -0.4 is 0 Å². The highest BCUT2D eigenvalue weighted by atomic mass is 79.9. The van der Waals surface area contributed by atoms with Crippen LogP contribution in [0.2, 0.25) is 0 Å². The standard InChI is InChI=1S/C14H20BrNO/c1-3-13-10-17-11(2)8-16(13)9-12-6-4-5-7-14(12)15/h4-7,11,13H,3,8-10H2,1-2H3. The lowest BCUT2D eigenvalue weighted by atomic mass is 10.1. The molecule has 2 nitrogen and oxygen atoms in total. The van der Waals surface area contributed by atoms with Crippen LogP contribution >= 0.6 is 15.9 Å². The molecule has 0 N–H and O–H groups in total. The van der Waals surface area contributed by atoms with Crippen molar-refractivity contribution in [3.63, 3.8) is 0 Å². The SMILES string of the molecule is CCC1COC(C)CN1Cc1ccccc1Br. The monoisotopic (exact) mass is 297 g/mol. The fourth-order valence-corrected chi connectivity index (χ4v) is 2.74. The predicted molar refractivity (Wildman–Crippen MR) is 74.0 cm³/mol. The quantitative estimate of drug-likeness (QED) is 0.847. The van der Waals surface area contributed by atoms with E-state index in [-0.39, 0.29) is 0 Å². The summed E-state index contributed by atoms with van der Waals surface area (Å²) in [5.41, 5.74) is 1.36. The number of hydrogen-bond donors (Lipinski definition) is 0. The van der Waals surface area contributed by atoms with E-state index in [1.165, 1.54) is 10.0 Å². The van der Waals surface area contributed by atoms with Gasteiger partial charge in [-0.25, -0.2) is 0 Å². The van der Waals surface area contributed by atoms with E-state index in [1.54, 1.807) is 0 Å². The molecule has 1 aliphatic heterocycles. The second-order valence-electron chi connectivity index (χ2n) is 4.73. The van der Waals surface area contributed by atoms with Gasteiger partial charge >= 0.3 is 0 Å². The van der Waals surface area contributed by atoms with Crippen molar-refractivity contribution in [2.45, 2.75) is 39.0 Å². The zero-order chi connectivity index (χ0) is 12.3. The normalized spacial score (nSPS) is 26.1. The molecule has 2 atom stereocenters. The third-order valence-corrected chi connectivity index (χ3v) is 4.16. The van der Waals surface area contributed by atoms with Crippen LogP contribution in [0.5, 0.6) is 0 Å². The zero-order valence-corrected chi connectivity index (χ0v) is 12.1. The van der Waals surface area contributed by atoms with E-state index >= 15 is 0 Å². The molecule has 1 aliphatic rings. The largest absolute Gasteiger partial charge is 0.376 e. The first-order valence-electron chi connectivity index (χ1n) is 6.29. The van der Waals surface area contributed by atoms with E-state index in [4.69, 9.17) is 4.74 Å². The molecule has 0 spiro atoms. The molecular formula is C14H20BrNO. The Kier molecular flexibility index (Phi) is 4.60. The van der Waals surface area contributed by atoms with Crippen molar-refractivity contribution in [1.29, 1.82) is 0 Å². The van der Waals surface area contributed by atoms with E-state index in [1.807, 2.05) is 0 Å². The van der Waals surface area contributed by atoms with Crippen molar-refractivity contribution in [2.24, 2.45) is 0 Å². The second kappa shape index (κ2) is 5.98. The molecule has 0 saturated carbocycles. The molecule has 2 rings (SSSR count). The van der Waals surface area contributed by atoms with Crippen molar-refractivity contribution in [3.05, 3.63) is 34.3 Å². The molecule has 1 heterocycles. The topological polar surface area (TPSA) is 12.5 Å². The van der Waals surface area contributed by atoms with Gasteiger partial charge in [0.2, 0.25) is 0 Å². The lowest BCUT2D eigenvalue weighted by Gasteiger charge is -2.38. The van der Waals surface area contributed by atoms with Gasteiger partial charge in [-0.3, -0.25) is 4.90 Å². The number of nitrogens with zero attached hydrogens (tertiary/aromatic N) is 1. The first kappa shape index (κ1) is 13.1. The Balaban J connectivity index is 2.07. The van der Waals surface area contributed by atoms with Crippen LogP contribution in [0.3, 0.4) is 0 Å². The number of benzene rings is 1. The van der Waals surface area contributed by atoms with Crippen molar-refractivity contribution in [1.82, 2.24) is 4.90 Å². The van der Waals surface area contributed by atoms with E-state index in [0.717, 1.165) is 26.1 Å². The van der Waals surface area contributed by atoms with Gasteiger partial charge in [0.25, 0.3) is 0 Å². The van der Waals surface area contributed by atoms with Gasteiger partial charge in [-0.1, -0.05) is 41.1 Å². The van der Waals surface area contributed by atoms with E-state index in [2.05, 4.69) is 58.9 Å². The molecule has 0 aromatic heterocycles. The van der Waals surface area contributed by atoms with Gasteiger partial charge in [-0.05, 0) is 25.0 Å². The molecule has 3 heteroatoms. The summed E-state index contributed by atoms with van der Waals surface area (Å²) in [5, 5.41) is 0. The van der Waals surface area contributed by atoms with Gasteiger partial charge in [0, 0.05) is 23.6 Å². The summed E-state index contributed by atoms with van der Waals surface area (Å²) in [6, 6.07) is 9.02. The molecule has 1 aromatic rings. The first-order chi connectivity index (χ1) is 8.20. The zero-order valence-electron chi connectivity index (χ0n) is 10.5. The highest BCUT2D eigenvalue weighted by Gasteiger charge is 2.25. The van der Waals surface area contributed by atoms with Crippen molar-refractivity contribution in [2.75, 3.05) is 13.2 Å². The minimum absolute atomic E-state index is 0.347. The summed E-state index contributed by atoms with van der Waals surface area (Å²) < 4.78 is 6.93. The predicted octanol–water partition coefficient (Wildman–Crippen LogP) is 3.45. The Hall–Kier alpha value is -0.380. The summed E-state index contributed by atoms with van der Waals surface area (Å²) in [6.45, 7) is 7.28. The van der Waals surface area contributed by atoms with Gasteiger partial charge in [-0.2, -0.15) is 0 Å². The summed E-state index contributed by atoms with van der Waals surface area (Å²) in [7, 11) is 0. The Morgan fingerprint density at radius 1 is 1.41 bits per heavy atom. The smallest absolute Gasteiger partial charge is 0.0674 e. The van der Waals surface area contributed by atoms with E-state index in [9.17, 15) is 0 Å². The minimum Gasteiger partial charge on any atom is -0.376 e. The lowest BCUT2D eigenvalue weighted by Crippen LogP contribution is -2.47. The molecular weight excluding hydrogens is 278 g/mol. The lowest BCUT2D eigenvalue weighted by molar-refractivity contribution is -0.0592. The Morgan fingerprint density at radius 3 is 2.88 bits per heavy atom. The maximum atomic E-state index is 5.73. The van der Waals surface area contributed by atoms with Crippen molar-refractivity contribution in [3.8, 4) is 0 Å². The van der Waals surface area contributed by atoms with Gasteiger partial charge < -0.3 is 4.74 Å². The van der Waals surface area contributed by atoms with E-state index < -0.39 is 0 Å². The minimum atomic E-state index is 0.347. The summed E-state index contributed by atoms with van der Waals surface area (Å²) in [6.07, 6.45) is 1.50. The summed E-state index contributed by atoms with van der Waals surface area (Å²) in [4.78, 5) is 2.54. The van der Waals surface area contributed by atoms with Crippen LogP contribution in [0.25, 0.3) is 0 Å². The average Bonchev–Trinajstić information content (AvgIpc) is 2.32. The van der Waals surface area contributed by atoms with Crippen LogP contribution in [0.15, 0.2) is 28.7 Å². The van der Waals surface area contributed by atoms with Crippen LogP contribution in [0.4, 0.5) is 0 Å². The van der Waals surface area contributed by atoms with Crippen LogP contribution in [0, 0.1) is 0 Å². The van der Waals surface area contributed by atoms with E-state index in [0.29, 0.717) is 12.1 Å². The van der Waals surface area contributed by atoms with Gasteiger partial charge in [0.05, 0.1) is 12.7 Å². The van der Waals surface area contributed by atoms with Gasteiger partial charge in [0.15, 0.2) is 0 Å². The fourth-order valence-electron chi connectivity index (χ4n) is 2.33. The molecule has 94 valence electrons. The first-order valence-corrected chi connectivity index (χ1v) is 7.09. The summed E-state index contributed by atoms with van der Waals surface area (Å²) >= 11 is 3.62. The molecule has 17 heavy (non-hydrogen) atoms. The summed E-state index contributed by atoms with van der Waals surface area (Å²) in [5.74, 6) is 0. The van der Waals surface area contributed by atoms with Crippen molar-refractivity contribution < 1.29 is 4.74 Å². The molecule has 2 unspecified atom stereocenters. The average molecular weight is 298 g/mol. The number of morpholine rings is 1. The van der Waals surface area contributed by atoms with Crippen LogP contribution in [-0.4, -0.2) is 30.2 Å². The van der Waals surface area contributed by atoms with Crippen molar-refractivity contribution >= 4 is 15.9 Å². The maximum Gasteiger partial charge on any atom is 0.0674 e. The highest BCUT2D eigenvalue weighted by Crippen LogP contribution is 2.22. The Morgan fingerprint density at radius 2 is 2.18 bits per heavy atom. The van der Waals surface area contributed by atoms with Gasteiger partial charge in [-0.15, -0.1) is 0 Å². The molecule has 0 amide bonds. The maximum absolute atomic E-state index is 5.73. The van der Waals surface area contributed by atoms with Crippen LogP contribution in [-0.2, 0) is 11.3 Å².